The number of hydrogen-bond acceptors (Lipinski definition) is 4. The molecule has 2 aromatic rings. The van der Waals surface area contributed by atoms with Gasteiger partial charge >= 0.3 is 0 Å². The van der Waals surface area contributed by atoms with Crippen LogP contribution in [0.1, 0.15) is 50.2 Å². The lowest BCUT2D eigenvalue weighted by Gasteiger charge is -2.32. The molecule has 2 aromatic carbocycles. The number of sulfone groups is 2. The first-order valence-corrected chi connectivity index (χ1v) is 13.2. The highest BCUT2D eigenvalue weighted by Crippen LogP contribution is 2.49. The molecule has 0 aromatic heterocycles. The summed E-state index contributed by atoms with van der Waals surface area (Å²) in [5.41, 5.74) is 2.13. The Morgan fingerprint density at radius 3 is 2.28 bits per heavy atom. The lowest BCUT2D eigenvalue weighted by Crippen LogP contribution is -2.34. The minimum Gasteiger partial charge on any atom is -0.228 e. The number of unbranched alkanes of at least 4 members (excludes halogenated alkanes) is 1. The maximum absolute atomic E-state index is 13.3. The van der Waals surface area contributed by atoms with Crippen molar-refractivity contribution in [3.05, 3.63) is 76.7 Å². The molecule has 0 saturated carbocycles. The van der Waals surface area contributed by atoms with Crippen LogP contribution in [0.15, 0.2) is 70.5 Å². The van der Waals surface area contributed by atoms with E-state index < -0.39 is 24.4 Å². The Kier molecular flexibility index (Phi) is 6.34. The maximum atomic E-state index is 13.3. The van der Waals surface area contributed by atoms with E-state index >= 15 is 0 Å². The van der Waals surface area contributed by atoms with E-state index in [1.165, 1.54) is 5.41 Å². The third kappa shape index (κ3) is 4.19. The second kappa shape index (κ2) is 8.44. The van der Waals surface area contributed by atoms with Gasteiger partial charge in [0.05, 0.1) is 10.6 Å². The molecule has 0 spiro atoms. The minimum absolute atomic E-state index is 0.0793. The zero-order valence-electron chi connectivity index (χ0n) is 17.0. The Balaban J connectivity index is 2.23. The van der Waals surface area contributed by atoms with Gasteiger partial charge in [0.15, 0.2) is 19.7 Å². The quantitative estimate of drug-likeness (QED) is 0.621. The summed E-state index contributed by atoms with van der Waals surface area (Å²) in [4.78, 5) is 0.190. The number of hydrogen-bond donors (Lipinski definition) is 0. The van der Waals surface area contributed by atoms with Gasteiger partial charge in [0.2, 0.25) is 0 Å². The molecule has 0 aliphatic carbocycles. The summed E-state index contributed by atoms with van der Waals surface area (Å²) in [7, 11) is -7.29. The van der Waals surface area contributed by atoms with Crippen LogP contribution in [0.3, 0.4) is 0 Å². The molecular formula is C23H28O4S2. The number of benzene rings is 2. The van der Waals surface area contributed by atoms with Crippen molar-refractivity contribution in [2.45, 2.75) is 55.6 Å². The Bertz CT molecular complexity index is 1080. The third-order valence-electron chi connectivity index (χ3n) is 5.68. The van der Waals surface area contributed by atoms with Gasteiger partial charge < -0.3 is 0 Å². The van der Waals surface area contributed by atoms with Gasteiger partial charge in [-0.05, 0) is 55.9 Å². The lowest BCUT2D eigenvalue weighted by molar-refractivity contribution is 0.548. The monoisotopic (exact) mass is 432 g/mol. The van der Waals surface area contributed by atoms with E-state index in [4.69, 9.17) is 0 Å². The van der Waals surface area contributed by atoms with E-state index in [0.29, 0.717) is 30.4 Å². The zero-order valence-corrected chi connectivity index (χ0v) is 18.6. The molecule has 1 aliphatic heterocycles. The standard InChI is InChI=1S/C23H28O4S2/c1-3-4-9-21(18-28(24,25)22-14-12-19(2)13-15-22)23(16-8-17-29(23,26)27)20-10-6-5-7-11-20/h5-7,10-15,18H,3-4,8-9,16-17H2,1-2H3/b21-18+. The van der Waals surface area contributed by atoms with E-state index in [-0.39, 0.29) is 10.6 Å². The second-order valence-electron chi connectivity index (χ2n) is 7.72. The van der Waals surface area contributed by atoms with Crippen molar-refractivity contribution in [1.29, 1.82) is 0 Å². The molecule has 1 unspecified atom stereocenters. The topological polar surface area (TPSA) is 68.3 Å². The molecule has 0 N–H and O–H groups in total. The van der Waals surface area contributed by atoms with Gasteiger partial charge in [0.25, 0.3) is 0 Å². The molecule has 1 fully saturated rings. The second-order valence-corrected chi connectivity index (χ2v) is 11.9. The van der Waals surface area contributed by atoms with Crippen LogP contribution in [0.4, 0.5) is 0 Å². The van der Waals surface area contributed by atoms with Gasteiger partial charge in [-0.15, -0.1) is 0 Å². The molecule has 0 radical (unpaired) electrons. The predicted molar refractivity (Wildman–Crippen MR) is 117 cm³/mol. The van der Waals surface area contributed by atoms with Crippen molar-refractivity contribution in [3.8, 4) is 0 Å². The van der Waals surface area contributed by atoms with E-state index in [9.17, 15) is 16.8 Å². The summed E-state index contributed by atoms with van der Waals surface area (Å²) in [6.07, 6.45) is 2.98. The lowest BCUT2D eigenvalue weighted by atomic mass is 9.85. The Morgan fingerprint density at radius 1 is 1.07 bits per heavy atom. The van der Waals surface area contributed by atoms with Crippen LogP contribution < -0.4 is 0 Å². The molecule has 0 amide bonds. The highest BCUT2D eigenvalue weighted by molar-refractivity contribution is 7.94. The summed E-state index contributed by atoms with van der Waals surface area (Å²) >= 11 is 0. The molecule has 3 rings (SSSR count). The van der Waals surface area contributed by atoms with Crippen molar-refractivity contribution in [2.24, 2.45) is 0 Å². The van der Waals surface area contributed by atoms with Crippen molar-refractivity contribution in [1.82, 2.24) is 0 Å². The van der Waals surface area contributed by atoms with E-state index in [1.54, 1.807) is 36.4 Å². The summed E-state index contributed by atoms with van der Waals surface area (Å²) < 4.78 is 51.8. The molecule has 1 atom stereocenters. The molecule has 29 heavy (non-hydrogen) atoms. The molecule has 4 nitrogen and oxygen atoms in total. The maximum Gasteiger partial charge on any atom is 0.199 e. The van der Waals surface area contributed by atoms with Crippen LogP contribution in [0, 0.1) is 6.92 Å². The van der Waals surface area contributed by atoms with E-state index in [2.05, 4.69) is 0 Å². The SMILES string of the molecule is CCCC/C(=C\S(=O)(=O)c1ccc(C)cc1)C1(c2ccccc2)CCCS1(=O)=O. The van der Waals surface area contributed by atoms with Gasteiger partial charge in [-0.2, -0.15) is 0 Å². The van der Waals surface area contributed by atoms with Crippen LogP contribution in [0.25, 0.3) is 0 Å². The molecule has 1 heterocycles. The summed E-state index contributed by atoms with van der Waals surface area (Å²) in [5, 5.41) is 1.24. The van der Waals surface area contributed by atoms with Crippen LogP contribution in [-0.2, 0) is 24.4 Å². The predicted octanol–water partition coefficient (Wildman–Crippen LogP) is 4.95. The smallest absolute Gasteiger partial charge is 0.199 e. The Hall–Kier alpha value is -1.92. The first-order chi connectivity index (χ1) is 13.7. The first kappa shape index (κ1) is 21.8. The average molecular weight is 433 g/mol. The highest BCUT2D eigenvalue weighted by atomic mass is 32.2. The molecule has 1 aliphatic rings. The van der Waals surface area contributed by atoms with Crippen LogP contribution in [0.5, 0.6) is 0 Å². The highest BCUT2D eigenvalue weighted by Gasteiger charge is 2.51. The largest absolute Gasteiger partial charge is 0.228 e. The fourth-order valence-electron chi connectivity index (χ4n) is 4.12. The number of rotatable bonds is 7. The van der Waals surface area contributed by atoms with E-state index in [0.717, 1.165) is 18.4 Å². The number of aryl methyl sites for hydroxylation is 1. The molecule has 156 valence electrons. The molecule has 0 bridgehead atoms. The fraction of sp³-hybridized carbons (Fsp3) is 0.391. The van der Waals surface area contributed by atoms with Gasteiger partial charge in [0.1, 0.15) is 4.75 Å². The van der Waals surface area contributed by atoms with Gasteiger partial charge in [-0.1, -0.05) is 61.4 Å². The molecule has 1 saturated heterocycles. The van der Waals surface area contributed by atoms with Gasteiger partial charge in [-0.3, -0.25) is 0 Å². The Morgan fingerprint density at radius 2 is 1.72 bits per heavy atom. The fourth-order valence-corrected chi connectivity index (χ4v) is 7.93. The van der Waals surface area contributed by atoms with E-state index in [1.807, 2.05) is 32.0 Å². The summed E-state index contributed by atoms with van der Waals surface area (Å²) in [5.74, 6) is 0.0793. The van der Waals surface area contributed by atoms with Gasteiger partial charge in [-0.25, -0.2) is 16.8 Å². The van der Waals surface area contributed by atoms with Crippen molar-refractivity contribution in [2.75, 3.05) is 5.75 Å². The van der Waals surface area contributed by atoms with Crippen LogP contribution >= 0.6 is 0 Å². The van der Waals surface area contributed by atoms with Gasteiger partial charge in [0, 0.05) is 5.41 Å². The van der Waals surface area contributed by atoms with Crippen molar-refractivity contribution >= 4 is 19.7 Å². The summed E-state index contributed by atoms with van der Waals surface area (Å²) in [6.45, 7) is 3.92. The average Bonchev–Trinajstić information content (AvgIpc) is 3.01. The molecule has 6 heteroatoms. The van der Waals surface area contributed by atoms with Crippen molar-refractivity contribution < 1.29 is 16.8 Å². The molecular weight excluding hydrogens is 404 g/mol. The van der Waals surface area contributed by atoms with Crippen LogP contribution in [-0.4, -0.2) is 22.6 Å². The van der Waals surface area contributed by atoms with Crippen LogP contribution in [0.2, 0.25) is 0 Å². The third-order valence-corrected chi connectivity index (χ3v) is 9.79. The minimum atomic E-state index is -3.77. The Labute approximate surface area is 174 Å². The first-order valence-electron chi connectivity index (χ1n) is 10.0. The zero-order chi connectivity index (χ0) is 21.1. The normalized spacial score (nSPS) is 21.9. The van der Waals surface area contributed by atoms with Crippen molar-refractivity contribution in [3.63, 3.8) is 0 Å². The summed E-state index contributed by atoms with van der Waals surface area (Å²) in [6, 6.07) is 15.8.